The molecule has 0 heterocycles. The van der Waals surface area contributed by atoms with Gasteiger partial charge in [-0.15, -0.1) is 0 Å². The number of aliphatic hydroxyl groups excluding tert-OH is 1. The molecule has 1 atom stereocenters. The Morgan fingerprint density at radius 3 is 2.71 bits per heavy atom. The predicted octanol–water partition coefficient (Wildman–Crippen LogP) is 1.64. The second-order valence-electron chi connectivity index (χ2n) is 5.20. The van der Waals surface area contributed by atoms with Gasteiger partial charge in [0.15, 0.2) is 0 Å². The monoisotopic (exact) mass is 311 g/mol. The molecule has 0 radical (unpaired) electrons. The maximum Gasteiger partial charge on any atom is 0.240 e. The molecule has 1 aromatic carbocycles. The standard InChI is InChI=1S/C15H18FNO3S/c1-11(12-4-2-5-12)17-21(19,20)14-8-7-13(6-3-9-18)15(16)10-14/h7-8,10-12,17-18H,2,4-5,9H2,1H3. The first-order valence-electron chi connectivity index (χ1n) is 6.85. The number of benzene rings is 1. The van der Waals surface area contributed by atoms with E-state index in [0.717, 1.165) is 25.3 Å². The highest BCUT2D eigenvalue weighted by molar-refractivity contribution is 7.89. The Bertz CT molecular complexity index is 672. The van der Waals surface area contributed by atoms with Crippen LogP contribution < -0.4 is 4.72 Å². The molecule has 1 fully saturated rings. The summed E-state index contributed by atoms with van der Waals surface area (Å²) in [5, 5.41) is 8.58. The van der Waals surface area contributed by atoms with Crippen LogP contribution in [0.2, 0.25) is 0 Å². The number of rotatable bonds is 4. The average molecular weight is 311 g/mol. The first kappa shape index (κ1) is 16.0. The number of aliphatic hydroxyl groups is 1. The summed E-state index contributed by atoms with van der Waals surface area (Å²) in [5.41, 5.74) is 0.0649. The third-order valence-corrected chi connectivity index (χ3v) is 5.31. The molecule has 6 heteroatoms. The first-order chi connectivity index (χ1) is 9.94. The molecule has 1 aliphatic rings. The second-order valence-corrected chi connectivity index (χ2v) is 6.92. The van der Waals surface area contributed by atoms with Crippen LogP contribution in [0, 0.1) is 23.6 Å². The van der Waals surface area contributed by atoms with Crippen LogP contribution in [0.4, 0.5) is 4.39 Å². The summed E-state index contributed by atoms with van der Waals surface area (Å²) in [6.07, 6.45) is 3.17. The number of nitrogens with one attached hydrogen (secondary N) is 1. The van der Waals surface area contributed by atoms with Gasteiger partial charge >= 0.3 is 0 Å². The van der Waals surface area contributed by atoms with Crippen molar-refractivity contribution in [2.45, 2.75) is 37.1 Å². The fourth-order valence-electron chi connectivity index (χ4n) is 2.25. The van der Waals surface area contributed by atoms with Crippen molar-refractivity contribution in [3.63, 3.8) is 0 Å². The van der Waals surface area contributed by atoms with E-state index in [0.29, 0.717) is 5.92 Å². The van der Waals surface area contributed by atoms with E-state index in [1.165, 1.54) is 12.1 Å². The zero-order chi connectivity index (χ0) is 15.5. The summed E-state index contributed by atoms with van der Waals surface area (Å²) in [4.78, 5) is -0.110. The number of hydrogen-bond acceptors (Lipinski definition) is 3. The van der Waals surface area contributed by atoms with Gasteiger partial charge in [0.05, 0.1) is 10.5 Å². The molecule has 1 unspecified atom stereocenters. The van der Waals surface area contributed by atoms with E-state index >= 15 is 0 Å². The van der Waals surface area contributed by atoms with Crippen molar-refractivity contribution < 1.29 is 17.9 Å². The van der Waals surface area contributed by atoms with Gasteiger partial charge in [-0.25, -0.2) is 17.5 Å². The van der Waals surface area contributed by atoms with Crippen molar-refractivity contribution in [3.05, 3.63) is 29.6 Å². The topological polar surface area (TPSA) is 66.4 Å². The van der Waals surface area contributed by atoms with Gasteiger partial charge < -0.3 is 5.11 Å². The van der Waals surface area contributed by atoms with Gasteiger partial charge in [-0.05, 0) is 43.9 Å². The highest BCUT2D eigenvalue weighted by Crippen LogP contribution is 2.30. The highest BCUT2D eigenvalue weighted by Gasteiger charge is 2.28. The molecule has 1 saturated carbocycles. The molecule has 21 heavy (non-hydrogen) atoms. The van der Waals surface area contributed by atoms with Crippen LogP contribution in [0.25, 0.3) is 0 Å². The predicted molar refractivity (Wildman–Crippen MR) is 77.5 cm³/mol. The molecule has 2 rings (SSSR count). The van der Waals surface area contributed by atoms with Gasteiger partial charge in [-0.3, -0.25) is 0 Å². The minimum absolute atomic E-state index is 0.0649. The van der Waals surface area contributed by atoms with Crippen molar-refractivity contribution in [1.29, 1.82) is 0 Å². The Balaban J connectivity index is 2.18. The van der Waals surface area contributed by atoms with Gasteiger partial charge in [-0.2, -0.15) is 0 Å². The maximum atomic E-state index is 13.8. The molecular weight excluding hydrogens is 293 g/mol. The van der Waals surface area contributed by atoms with Crippen LogP contribution in [-0.2, 0) is 10.0 Å². The number of hydrogen-bond donors (Lipinski definition) is 2. The lowest BCUT2D eigenvalue weighted by molar-refractivity contribution is 0.260. The van der Waals surface area contributed by atoms with Crippen molar-refractivity contribution in [1.82, 2.24) is 4.72 Å². The minimum atomic E-state index is -3.73. The van der Waals surface area contributed by atoms with Crippen LogP contribution in [0.15, 0.2) is 23.1 Å². The molecule has 0 spiro atoms. The molecule has 0 aliphatic heterocycles. The lowest BCUT2D eigenvalue weighted by Crippen LogP contribution is -2.40. The zero-order valence-corrected chi connectivity index (χ0v) is 12.6. The molecule has 4 nitrogen and oxygen atoms in total. The molecule has 2 N–H and O–H groups in total. The molecule has 1 aliphatic carbocycles. The molecule has 0 amide bonds. The van der Waals surface area contributed by atoms with Gasteiger partial charge in [0.25, 0.3) is 0 Å². The number of halogens is 1. The third kappa shape index (κ3) is 3.82. The molecular formula is C15H18FNO3S. The molecule has 114 valence electrons. The Labute approximate surface area is 124 Å². The Hall–Kier alpha value is -1.42. The van der Waals surface area contributed by atoms with Gasteiger partial charge in [0.2, 0.25) is 10.0 Å². The Morgan fingerprint density at radius 1 is 1.48 bits per heavy atom. The maximum absolute atomic E-state index is 13.8. The lowest BCUT2D eigenvalue weighted by atomic mass is 9.81. The van der Waals surface area contributed by atoms with Crippen molar-refractivity contribution in [2.75, 3.05) is 6.61 Å². The summed E-state index contributed by atoms with van der Waals surface area (Å²) >= 11 is 0. The third-order valence-electron chi connectivity index (χ3n) is 3.75. The summed E-state index contributed by atoms with van der Waals surface area (Å²) in [5.74, 6) is 4.40. The van der Waals surface area contributed by atoms with E-state index < -0.39 is 15.8 Å². The van der Waals surface area contributed by atoms with E-state index in [1.807, 2.05) is 6.92 Å². The summed E-state index contributed by atoms with van der Waals surface area (Å²) in [7, 11) is -3.73. The van der Waals surface area contributed by atoms with Crippen LogP contribution in [0.1, 0.15) is 31.7 Å². The number of sulfonamides is 1. The minimum Gasteiger partial charge on any atom is -0.384 e. The largest absolute Gasteiger partial charge is 0.384 e. The van der Waals surface area contributed by atoms with Crippen LogP contribution in [0.3, 0.4) is 0 Å². The van der Waals surface area contributed by atoms with Crippen molar-refractivity contribution >= 4 is 10.0 Å². The molecule has 0 aromatic heterocycles. The van der Waals surface area contributed by atoms with Gasteiger partial charge in [-0.1, -0.05) is 18.3 Å². The molecule has 0 bridgehead atoms. The van der Waals surface area contributed by atoms with Crippen molar-refractivity contribution in [3.8, 4) is 11.8 Å². The summed E-state index contributed by atoms with van der Waals surface area (Å²) in [6, 6.07) is 3.43. The smallest absolute Gasteiger partial charge is 0.240 e. The zero-order valence-electron chi connectivity index (χ0n) is 11.8. The van der Waals surface area contributed by atoms with Crippen LogP contribution in [-0.4, -0.2) is 26.2 Å². The lowest BCUT2D eigenvalue weighted by Gasteiger charge is -2.31. The van der Waals surface area contributed by atoms with Gasteiger partial charge in [0, 0.05) is 6.04 Å². The fourth-order valence-corrected chi connectivity index (χ4v) is 3.57. The Morgan fingerprint density at radius 2 is 2.19 bits per heavy atom. The Kier molecular flexibility index (Phi) is 4.99. The van der Waals surface area contributed by atoms with E-state index in [-0.39, 0.29) is 23.1 Å². The van der Waals surface area contributed by atoms with Crippen LogP contribution >= 0.6 is 0 Å². The normalized spacial score (nSPS) is 16.7. The fraction of sp³-hybridized carbons (Fsp3) is 0.467. The van der Waals surface area contributed by atoms with Crippen molar-refractivity contribution in [2.24, 2.45) is 5.92 Å². The molecule has 0 saturated heterocycles. The van der Waals surface area contributed by atoms with E-state index in [4.69, 9.17) is 5.11 Å². The second kappa shape index (κ2) is 6.56. The van der Waals surface area contributed by atoms with Crippen LogP contribution in [0.5, 0.6) is 0 Å². The first-order valence-corrected chi connectivity index (χ1v) is 8.34. The summed E-state index contributed by atoms with van der Waals surface area (Å²) < 4.78 is 40.8. The molecule has 1 aromatic rings. The highest BCUT2D eigenvalue weighted by atomic mass is 32.2. The van der Waals surface area contributed by atoms with E-state index in [2.05, 4.69) is 16.6 Å². The van der Waals surface area contributed by atoms with E-state index in [9.17, 15) is 12.8 Å². The average Bonchev–Trinajstić information content (AvgIpc) is 2.34. The SMILES string of the molecule is CC(NS(=O)(=O)c1ccc(C#CCO)c(F)c1)C1CCC1. The van der Waals surface area contributed by atoms with Gasteiger partial charge in [0.1, 0.15) is 12.4 Å². The summed E-state index contributed by atoms with van der Waals surface area (Å²) in [6.45, 7) is 1.46. The quantitative estimate of drug-likeness (QED) is 0.831. The van der Waals surface area contributed by atoms with E-state index in [1.54, 1.807) is 0 Å².